The van der Waals surface area contributed by atoms with E-state index in [1.165, 1.54) is 24.3 Å². The maximum Gasteiger partial charge on any atom is 0.573 e. The van der Waals surface area contributed by atoms with Crippen molar-refractivity contribution in [1.29, 1.82) is 0 Å². The summed E-state index contributed by atoms with van der Waals surface area (Å²) in [5.41, 5.74) is 1.33. The lowest BCUT2D eigenvalue weighted by atomic mass is 10.0. The number of esters is 1. The lowest BCUT2D eigenvalue weighted by Crippen LogP contribution is -2.17. The van der Waals surface area contributed by atoms with Crippen LogP contribution in [0.1, 0.15) is 18.6 Å². The second-order valence-corrected chi connectivity index (χ2v) is 5.03. The van der Waals surface area contributed by atoms with Crippen LogP contribution in [0.5, 0.6) is 5.75 Å². The van der Waals surface area contributed by atoms with Crippen molar-refractivity contribution in [2.45, 2.75) is 19.4 Å². The zero-order chi connectivity index (χ0) is 18.6. The van der Waals surface area contributed by atoms with Crippen LogP contribution < -0.4 is 4.74 Å². The van der Waals surface area contributed by atoms with E-state index in [1.807, 2.05) is 0 Å². The third-order valence-corrected chi connectivity index (χ3v) is 3.12. The molecule has 0 saturated carbocycles. The number of carboxylic acid groups (broad SMARTS) is 1. The zero-order valence-electron chi connectivity index (χ0n) is 12.9. The molecule has 2 aromatic rings. The molecule has 0 radical (unpaired) electrons. The summed E-state index contributed by atoms with van der Waals surface area (Å²) in [4.78, 5) is 22.3. The third-order valence-electron chi connectivity index (χ3n) is 3.12. The molecule has 25 heavy (non-hydrogen) atoms. The van der Waals surface area contributed by atoms with Crippen molar-refractivity contribution in [2.75, 3.05) is 0 Å². The summed E-state index contributed by atoms with van der Waals surface area (Å²) in [6, 6.07) is 11.3. The normalized spacial score (nSPS) is 12.3. The van der Waals surface area contributed by atoms with Crippen LogP contribution in [-0.2, 0) is 14.3 Å². The SMILES string of the molecule is CC(=O)O[C@H](C(=O)O)c1cccc(-c2ccc(OC(F)(F)F)cc2)c1. The molecule has 0 aliphatic rings. The first kappa shape index (κ1) is 18.3. The molecule has 0 heterocycles. The molecule has 1 atom stereocenters. The second-order valence-electron chi connectivity index (χ2n) is 5.03. The van der Waals surface area contributed by atoms with Gasteiger partial charge >= 0.3 is 18.3 Å². The fourth-order valence-corrected chi connectivity index (χ4v) is 2.16. The van der Waals surface area contributed by atoms with Crippen LogP contribution in [0.25, 0.3) is 11.1 Å². The summed E-state index contributed by atoms with van der Waals surface area (Å²) >= 11 is 0. The maximum absolute atomic E-state index is 12.2. The van der Waals surface area contributed by atoms with Crippen molar-refractivity contribution in [3.05, 3.63) is 54.1 Å². The molecular weight excluding hydrogens is 341 g/mol. The van der Waals surface area contributed by atoms with Gasteiger partial charge in [0.1, 0.15) is 5.75 Å². The number of alkyl halides is 3. The van der Waals surface area contributed by atoms with E-state index in [9.17, 15) is 27.9 Å². The first-order chi connectivity index (χ1) is 11.7. The second kappa shape index (κ2) is 7.25. The van der Waals surface area contributed by atoms with E-state index in [0.29, 0.717) is 11.1 Å². The highest BCUT2D eigenvalue weighted by molar-refractivity contribution is 5.79. The van der Waals surface area contributed by atoms with Crippen LogP contribution in [0, 0.1) is 0 Å². The van der Waals surface area contributed by atoms with E-state index in [4.69, 9.17) is 4.74 Å². The van der Waals surface area contributed by atoms with Gasteiger partial charge in [-0.3, -0.25) is 4.79 Å². The number of hydrogen-bond donors (Lipinski definition) is 1. The molecule has 0 spiro atoms. The summed E-state index contributed by atoms with van der Waals surface area (Å²) < 4.78 is 45.1. The number of carbonyl (C=O) groups excluding carboxylic acids is 1. The van der Waals surface area contributed by atoms with Gasteiger partial charge in [0.25, 0.3) is 0 Å². The first-order valence-corrected chi connectivity index (χ1v) is 7.02. The van der Waals surface area contributed by atoms with Crippen LogP contribution in [0.2, 0.25) is 0 Å². The third kappa shape index (κ3) is 5.23. The molecule has 0 fully saturated rings. The summed E-state index contributed by atoms with van der Waals surface area (Å²) in [5, 5.41) is 9.18. The highest BCUT2D eigenvalue weighted by Crippen LogP contribution is 2.28. The van der Waals surface area contributed by atoms with Crippen LogP contribution in [0.4, 0.5) is 13.2 Å². The molecule has 0 unspecified atom stereocenters. The highest BCUT2D eigenvalue weighted by atomic mass is 19.4. The van der Waals surface area contributed by atoms with Crippen molar-refractivity contribution in [3.8, 4) is 16.9 Å². The van der Waals surface area contributed by atoms with Gasteiger partial charge in [0.05, 0.1) is 0 Å². The van der Waals surface area contributed by atoms with Crippen molar-refractivity contribution < 1.29 is 37.3 Å². The average molecular weight is 354 g/mol. The Kier molecular flexibility index (Phi) is 5.31. The minimum Gasteiger partial charge on any atom is -0.478 e. The molecular formula is C17H13F3O5. The largest absolute Gasteiger partial charge is 0.573 e. The van der Waals surface area contributed by atoms with Crippen LogP contribution >= 0.6 is 0 Å². The van der Waals surface area contributed by atoms with Crippen molar-refractivity contribution in [1.82, 2.24) is 0 Å². The van der Waals surface area contributed by atoms with Crippen LogP contribution in [0.3, 0.4) is 0 Å². The average Bonchev–Trinajstić information content (AvgIpc) is 2.51. The first-order valence-electron chi connectivity index (χ1n) is 7.02. The Morgan fingerprint density at radius 2 is 1.68 bits per heavy atom. The van der Waals surface area contributed by atoms with E-state index in [0.717, 1.165) is 19.1 Å². The number of carboxylic acids is 1. The predicted octanol–water partition coefficient (Wildman–Crippen LogP) is 3.94. The smallest absolute Gasteiger partial charge is 0.478 e. The molecule has 8 heteroatoms. The van der Waals surface area contributed by atoms with E-state index in [2.05, 4.69) is 4.74 Å². The fraction of sp³-hybridized carbons (Fsp3) is 0.176. The topological polar surface area (TPSA) is 72.8 Å². The number of aliphatic carboxylic acids is 1. The zero-order valence-corrected chi connectivity index (χ0v) is 12.9. The standard InChI is InChI=1S/C17H13F3O5/c1-10(21)24-15(16(22)23)13-4-2-3-12(9-13)11-5-7-14(8-6-11)25-17(18,19)20/h2-9,15H,1H3,(H,22,23)/t15-/m0/s1. The summed E-state index contributed by atoms with van der Waals surface area (Å²) in [6.07, 6.45) is -6.24. The molecule has 2 aromatic carbocycles. The van der Waals surface area contributed by atoms with Gasteiger partial charge in [0.2, 0.25) is 6.10 Å². The Morgan fingerprint density at radius 1 is 1.04 bits per heavy atom. The van der Waals surface area contributed by atoms with E-state index in [1.54, 1.807) is 12.1 Å². The molecule has 0 aromatic heterocycles. The molecule has 0 bridgehead atoms. The number of benzene rings is 2. The highest BCUT2D eigenvalue weighted by Gasteiger charge is 2.31. The van der Waals surface area contributed by atoms with Crippen molar-refractivity contribution in [3.63, 3.8) is 0 Å². The van der Waals surface area contributed by atoms with Gasteiger partial charge in [-0.15, -0.1) is 13.2 Å². The molecule has 0 saturated heterocycles. The van der Waals surface area contributed by atoms with Crippen molar-refractivity contribution in [2.24, 2.45) is 0 Å². The number of ether oxygens (including phenoxy) is 2. The Hall–Kier alpha value is -3.03. The monoisotopic (exact) mass is 354 g/mol. The Morgan fingerprint density at radius 3 is 2.20 bits per heavy atom. The molecule has 0 aliphatic carbocycles. The molecule has 5 nitrogen and oxygen atoms in total. The summed E-state index contributed by atoms with van der Waals surface area (Å²) in [7, 11) is 0. The van der Waals surface area contributed by atoms with Gasteiger partial charge in [-0.05, 0) is 29.3 Å². The summed E-state index contributed by atoms with van der Waals surface area (Å²) in [5.74, 6) is -2.44. The lowest BCUT2D eigenvalue weighted by Gasteiger charge is -2.14. The number of carbonyl (C=O) groups is 2. The van der Waals surface area contributed by atoms with Gasteiger partial charge in [0, 0.05) is 12.5 Å². The number of hydrogen-bond acceptors (Lipinski definition) is 4. The Labute approximate surface area is 140 Å². The maximum atomic E-state index is 12.2. The number of halogens is 3. The Bertz CT molecular complexity index is 769. The molecule has 132 valence electrons. The Balaban J connectivity index is 2.28. The quantitative estimate of drug-likeness (QED) is 0.824. The van der Waals surface area contributed by atoms with E-state index in [-0.39, 0.29) is 11.3 Å². The van der Waals surface area contributed by atoms with Gasteiger partial charge in [0.15, 0.2) is 0 Å². The van der Waals surface area contributed by atoms with Crippen molar-refractivity contribution >= 4 is 11.9 Å². The predicted molar refractivity (Wildman–Crippen MR) is 80.7 cm³/mol. The van der Waals surface area contributed by atoms with Crippen LogP contribution in [-0.4, -0.2) is 23.4 Å². The van der Waals surface area contributed by atoms with Gasteiger partial charge in [-0.2, -0.15) is 0 Å². The molecule has 0 amide bonds. The van der Waals surface area contributed by atoms with E-state index < -0.39 is 24.4 Å². The number of rotatable bonds is 5. The van der Waals surface area contributed by atoms with Gasteiger partial charge < -0.3 is 14.6 Å². The van der Waals surface area contributed by atoms with E-state index >= 15 is 0 Å². The molecule has 0 aliphatic heterocycles. The molecule has 1 N–H and O–H groups in total. The fourth-order valence-electron chi connectivity index (χ4n) is 2.16. The minimum absolute atomic E-state index is 0.232. The van der Waals surface area contributed by atoms with Gasteiger partial charge in [-0.1, -0.05) is 30.3 Å². The summed E-state index contributed by atoms with van der Waals surface area (Å²) in [6.45, 7) is 1.10. The minimum atomic E-state index is -4.78. The lowest BCUT2D eigenvalue weighted by molar-refractivity contribution is -0.274. The van der Waals surface area contributed by atoms with Gasteiger partial charge in [-0.25, -0.2) is 4.79 Å². The molecule has 2 rings (SSSR count). The van der Waals surface area contributed by atoms with Crippen LogP contribution in [0.15, 0.2) is 48.5 Å².